The molecule has 0 unspecified atom stereocenters. The quantitative estimate of drug-likeness (QED) is 0.548. The molecule has 0 aromatic carbocycles. The molecule has 1 N–H and O–H groups in total. The summed E-state index contributed by atoms with van der Waals surface area (Å²) in [4.78, 5) is 34.5. The molecule has 0 atom stereocenters. The second kappa shape index (κ2) is 8.24. The molecule has 0 saturated carbocycles. The Morgan fingerprint density at radius 1 is 1.00 bits per heavy atom. The summed E-state index contributed by atoms with van der Waals surface area (Å²) in [5, 5.41) is 3.29. The molecule has 4 rings (SSSR count). The Balaban J connectivity index is 1.43. The van der Waals surface area contributed by atoms with Crippen molar-refractivity contribution in [3.63, 3.8) is 0 Å². The molecule has 0 aliphatic carbocycles. The smallest absolute Gasteiger partial charge is 0.280 e. The van der Waals surface area contributed by atoms with Gasteiger partial charge in [0.15, 0.2) is 5.01 Å². The van der Waals surface area contributed by atoms with Crippen molar-refractivity contribution in [3.05, 3.63) is 77.2 Å². The SMILES string of the molecule is Cc1cc(-c2ncc(CNC(=O)c3ncc(-c4cnccn4)s3)cc2C)ccn1. The number of thiazole rings is 1. The van der Waals surface area contributed by atoms with Gasteiger partial charge in [0.05, 0.1) is 16.8 Å². The molecular weight excluding hydrogens is 384 g/mol. The number of aromatic nitrogens is 5. The van der Waals surface area contributed by atoms with Crippen LogP contribution in [-0.4, -0.2) is 30.8 Å². The van der Waals surface area contributed by atoms with Gasteiger partial charge in [-0.25, -0.2) is 4.98 Å². The third kappa shape index (κ3) is 4.33. The average Bonchev–Trinajstić information content (AvgIpc) is 3.23. The van der Waals surface area contributed by atoms with E-state index in [1.54, 1.807) is 37.2 Å². The lowest BCUT2D eigenvalue weighted by Gasteiger charge is -2.09. The Kier molecular flexibility index (Phi) is 5.35. The Morgan fingerprint density at radius 2 is 1.90 bits per heavy atom. The van der Waals surface area contributed by atoms with E-state index in [0.717, 1.165) is 33.0 Å². The summed E-state index contributed by atoms with van der Waals surface area (Å²) < 4.78 is 0. The van der Waals surface area contributed by atoms with Crippen LogP contribution in [0.2, 0.25) is 0 Å². The summed E-state index contributed by atoms with van der Waals surface area (Å²) in [5.74, 6) is -0.225. The van der Waals surface area contributed by atoms with Gasteiger partial charge in [0.1, 0.15) is 5.69 Å². The highest BCUT2D eigenvalue weighted by atomic mass is 32.1. The predicted molar refractivity (Wildman–Crippen MR) is 111 cm³/mol. The standard InChI is InChI=1S/C21H18N6OS/c1-13-7-15(9-25-19(13)16-3-4-23-14(2)8-16)10-26-20(28)21-27-12-18(29-21)17-11-22-5-6-24-17/h3-9,11-12H,10H2,1-2H3,(H,26,28). The average molecular weight is 402 g/mol. The minimum absolute atomic E-state index is 0.225. The highest BCUT2D eigenvalue weighted by molar-refractivity contribution is 7.16. The van der Waals surface area contributed by atoms with Crippen molar-refractivity contribution in [2.24, 2.45) is 0 Å². The van der Waals surface area contributed by atoms with Gasteiger partial charge in [-0.05, 0) is 37.1 Å². The van der Waals surface area contributed by atoms with E-state index in [4.69, 9.17) is 0 Å². The summed E-state index contributed by atoms with van der Waals surface area (Å²) in [5.41, 5.74) is 5.57. The van der Waals surface area contributed by atoms with Gasteiger partial charge in [0, 0.05) is 48.8 Å². The number of carbonyl (C=O) groups excluding carboxylic acids is 1. The van der Waals surface area contributed by atoms with Crippen molar-refractivity contribution < 1.29 is 4.79 Å². The van der Waals surface area contributed by atoms with Crippen LogP contribution in [0.5, 0.6) is 0 Å². The Hall–Kier alpha value is -3.52. The van der Waals surface area contributed by atoms with Gasteiger partial charge in [-0.1, -0.05) is 6.07 Å². The zero-order valence-corrected chi connectivity index (χ0v) is 16.8. The number of hydrogen-bond acceptors (Lipinski definition) is 7. The highest BCUT2D eigenvalue weighted by Gasteiger charge is 2.13. The van der Waals surface area contributed by atoms with Gasteiger partial charge >= 0.3 is 0 Å². The molecule has 0 radical (unpaired) electrons. The van der Waals surface area contributed by atoms with Gasteiger partial charge < -0.3 is 5.32 Å². The maximum Gasteiger partial charge on any atom is 0.280 e. The summed E-state index contributed by atoms with van der Waals surface area (Å²) in [6, 6.07) is 5.99. The van der Waals surface area contributed by atoms with Crippen molar-refractivity contribution in [3.8, 4) is 21.8 Å². The molecule has 7 nitrogen and oxygen atoms in total. The topological polar surface area (TPSA) is 93.6 Å². The summed E-state index contributed by atoms with van der Waals surface area (Å²) >= 11 is 1.29. The first-order chi connectivity index (χ1) is 14.1. The van der Waals surface area contributed by atoms with Crippen LogP contribution in [-0.2, 0) is 6.54 Å². The van der Waals surface area contributed by atoms with Crippen LogP contribution in [0.25, 0.3) is 21.8 Å². The lowest BCUT2D eigenvalue weighted by Crippen LogP contribution is -2.22. The third-order valence-corrected chi connectivity index (χ3v) is 5.29. The molecular formula is C21H18N6OS. The fourth-order valence-corrected chi connectivity index (χ4v) is 3.70. The van der Waals surface area contributed by atoms with Gasteiger partial charge in [-0.3, -0.25) is 24.7 Å². The van der Waals surface area contributed by atoms with E-state index in [1.165, 1.54) is 11.3 Å². The Bertz CT molecular complexity index is 1160. The summed E-state index contributed by atoms with van der Waals surface area (Å²) in [6.07, 6.45) is 10.1. The minimum Gasteiger partial charge on any atom is -0.346 e. The molecule has 4 aromatic rings. The van der Waals surface area contributed by atoms with E-state index in [9.17, 15) is 4.79 Å². The normalized spacial score (nSPS) is 10.7. The fraction of sp³-hybridized carbons (Fsp3) is 0.143. The number of rotatable bonds is 5. The Morgan fingerprint density at radius 3 is 2.66 bits per heavy atom. The molecule has 1 amide bonds. The lowest BCUT2D eigenvalue weighted by atomic mass is 10.1. The minimum atomic E-state index is -0.225. The first-order valence-electron chi connectivity index (χ1n) is 8.99. The molecule has 0 saturated heterocycles. The van der Waals surface area contributed by atoms with Crippen molar-refractivity contribution in [1.29, 1.82) is 0 Å². The third-order valence-electron chi connectivity index (χ3n) is 4.27. The number of hydrogen-bond donors (Lipinski definition) is 1. The predicted octanol–water partition coefficient (Wildman–Crippen LogP) is 3.60. The molecule has 8 heteroatoms. The van der Waals surface area contributed by atoms with E-state index < -0.39 is 0 Å². The van der Waals surface area contributed by atoms with Crippen molar-refractivity contribution in [2.45, 2.75) is 20.4 Å². The molecule has 144 valence electrons. The van der Waals surface area contributed by atoms with Crippen LogP contribution in [0.3, 0.4) is 0 Å². The van der Waals surface area contributed by atoms with Crippen molar-refractivity contribution in [2.75, 3.05) is 0 Å². The number of aryl methyl sites for hydroxylation is 2. The highest BCUT2D eigenvalue weighted by Crippen LogP contribution is 2.24. The van der Waals surface area contributed by atoms with Crippen LogP contribution >= 0.6 is 11.3 Å². The molecule has 4 aromatic heterocycles. The second-order valence-corrected chi connectivity index (χ2v) is 7.53. The van der Waals surface area contributed by atoms with E-state index in [-0.39, 0.29) is 5.91 Å². The molecule has 0 fully saturated rings. The van der Waals surface area contributed by atoms with Crippen LogP contribution < -0.4 is 5.32 Å². The van der Waals surface area contributed by atoms with Crippen LogP contribution in [0, 0.1) is 13.8 Å². The van der Waals surface area contributed by atoms with Crippen LogP contribution in [0.4, 0.5) is 0 Å². The zero-order chi connectivity index (χ0) is 20.2. The second-order valence-electron chi connectivity index (χ2n) is 6.50. The molecule has 4 heterocycles. The molecule has 0 spiro atoms. The van der Waals surface area contributed by atoms with Crippen LogP contribution in [0.1, 0.15) is 26.6 Å². The largest absolute Gasteiger partial charge is 0.346 e. The van der Waals surface area contributed by atoms with Gasteiger partial charge in [-0.15, -0.1) is 11.3 Å². The van der Waals surface area contributed by atoms with Gasteiger partial charge in [0.2, 0.25) is 0 Å². The first-order valence-corrected chi connectivity index (χ1v) is 9.81. The number of pyridine rings is 2. The van der Waals surface area contributed by atoms with Crippen LogP contribution in [0.15, 0.2) is 55.4 Å². The first kappa shape index (κ1) is 18.8. The van der Waals surface area contributed by atoms with E-state index in [0.29, 0.717) is 17.2 Å². The van der Waals surface area contributed by atoms with Crippen molar-refractivity contribution in [1.82, 2.24) is 30.2 Å². The van der Waals surface area contributed by atoms with E-state index >= 15 is 0 Å². The zero-order valence-electron chi connectivity index (χ0n) is 16.0. The maximum atomic E-state index is 12.4. The molecule has 29 heavy (non-hydrogen) atoms. The number of carbonyl (C=O) groups is 1. The fourth-order valence-electron chi connectivity index (χ4n) is 2.91. The van der Waals surface area contributed by atoms with Gasteiger partial charge in [-0.2, -0.15) is 0 Å². The summed E-state index contributed by atoms with van der Waals surface area (Å²) in [7, 11) is 0. The number of nitrogens with one attached hydrogen (secondary N) is 1. The number of amides is 1. The molecule has 0 aliphatic rings. The van der Waals surface area contributed by atoms with Gasteiger partial charge in [0.25, 0.3) is 5.91 Å². The molecule has 0 aliphatic heterocycles. The molecule has 0 bridgehead atoms. The Labute approximate surface area is 172 Å². The van der Waals surface area contributed by atoms with E-state index in [2.05, 4.69) is 30.2 Å². The monoisotopic (exact) mass is 402 g/mol. The number of nitrogens with zero attached hydrogens (tertiary/aromatic N) is 5. The lowest BCUT2D eigenvalue weighted by molar-refractivity contribution is 0.0950. The van der Waals surface area contributed by atoms with E-state index in [1.807, 2.05) is 32.0 Å². The van der Waals surface area contributed by atoms with Crippen molar-refractivity contribution >= 4 is 17.2 Å². The maximum absolute atomic E-state index is 12.4. The summed E-state index contributed by atoms with van der Waals surface area (Å²) in [6.45, 7) is 4.34.